The highest BCUT2D eigenvalue weighted by Gasteiger charge is 2.22. The lowest BCUT2D eigenvalue weighted by atomic mass is 10.1. The second kappa shape index (κ2) is 4.93. The van der Waals surface area contributed by atoms with Crippen LogP contribution in [0, 0.1) is 0 Å². The summed E-state index contributed by atoms with van der Waals surface area (Å²) in [7, 11) is 0. The zero-order chi connectivity index (χ0) is 11.4. The van der Waals surface area contributed by atoms with Crippen molar-refractivity contribution in [1.82, 2.24) is 5.32 Å². The van der Waals surface area contributed by atoms with Crippen molar-refractivity contribution < 1.29 is 18.7 Å². The van der Waals surface area contributed by atoms with E-state index in [1.54, 1.807) is 27.7 Å². The molecule has 0 aliphatic rings. The molecule has 0 fully saturated rings. The summed E-state index contributed by atoms with van der Waals surface area (Å²) in [6.45, 7) is 6.83. The maximum Gasteiger partial charge on any atom is 0.408 e. The Balaban J connectivity index is 4.11. The lowest BCUT2D eigenvalue weighted by Crippen LogP contribution is -2.43. The number of nitrogens with one attached hydrogen (secondary N) is 1. The molecular formula is C9H16FNO3. The number of carbonyl (C=O) groups excluding carboxylic acids is 2. The van der Waals surface area contributed by atoms with Gasteiger partial charge in [-0.1, -0.05) is 6.92 Å². The van der Waals surface area contributed by atoms with Crippen LogP contribution in [-0.2, 0) is 9.53 Å². The summed E-state index contributed by atoms with van der Waals surface area (Å²) in [5.41, 5.74) is -0.464. The summed E-state index contributed by atoms with van der Waals surface area (Å²) in [5.74, 6) is 0. The van der Waals surface area contributed by atoms with E-state index in [1.807, 2.05) is 0 Å². The van der Waals surface area contributed by atoms with E-state index in [1.165, 1.54) is 0 Å². The molecule has 0 aliphatic heterocycles. The summed E-state index contributed by atoms with van der Waals surface area (Å²) in [4.78, 5) is 21.4. The van der Waals surface area contributed by atoms with Crippen LogP contribution in [-0.4, -0.2) is 23.8 Å². The van der Waals surface area contributed by atoms with Crippen molar-refractivity contribution in [2.45, 2.75) is 45.8 Å². The fourth-order valence-electron chi connectivity index (χ4n) is 0.755. The van der Waals surface area contributed by atoms with Gasteiger partial charge in [-0.3, -0.25) is 4.79 Å². The highest BCUT2D eigenvalue weighted by Crippen LogP contribution is 2.04. The van der Waals surface area contributed by atoms with Gasteiger partial charge in [0.05, 0.1) is 0 Å². The Morgan fingerprint density at radius 3 is 2.21 bits per heavy atom. The number of rotatable bonds is 3. The van der Waals surface area contributed by atoms with E-state index in [0.29, 0.717) is 0 Å². The van der Waals surface area contributed by atoms with Crippen LogP contribution in [0.25, 0.3) is 0 Å². The largest absolute Gasteiger partial charge is 0.435 e. The summed E-state index contributed by atoms with van der Waals surface area (Å²) in [6.07, 6.45) is -1.94. The van der Waals surface area contributed by atoms with Crippen LogP contribution in [0.5, 0.6) is 0 Å². The molecule has 0 heterocycles. The van der Waals surface area contributed by atoms with Gasteiger partial charge >= 0.3 is 12.1 Å². The van der Waals surface area contributed by atoms with Gasteiger partial charge in [0.2, 0.25) is 0 Å². The minimum absolute atomic E-state index is 0.132. The molecule has 0 aliphatic carbocycles. The van der Waals surface area contributed by atoms with E-state index in [-0.39, 0.29) is 6.42 Å². The van der Waals surface area contributed by atoms with Gasteiger partial charge in [0, 0.05) is 5.54 Å². The molecule has 0 saturated carbocycles. The average Bonchev–Trinajstić information content (AvgIpc) is 1.96. The molecule has 4 nitrogen and oxygen atoms in total. The summed E-state index contributed by atoms with van der Waals surface area (Å²) in [5, 5.41) is 2.46. The number of halogens is 1. The fraction of sp³-hybridized carbons (Fsp3) is 0.778. The summed E-state index contributed by atoms with van der Waals surface area (Å²) >= 11 is 0. The first-order valence-corrected chi connectivity index (χ1v) is 4.44. The van der Waals surface area contributed by atoms with E-state index < -0.39 is 23.8 Å². The van der Waals surface area contributed by atoms with Crippen molar-refractivity contribution in [3.05, 3.63) is 0 Å². The van der Waals surface area contributed by atoms with Crippen LogP contribution in [0.4, 0.5) is 9.18 Å². The first-order chi connectivity index (χ1) is 6.26. The van der Waals surface area contributed by atoms with Crippen LogP contribution in [0.2, 0.25) is 0 Å². The Morgan fingerprint density at radius 1 is 1.43 bits per heavy atom. The topological polar surface area (TPSA) is 55.4 Å². The smallest absolute Gasteiger partial charge is 0.408 e. The third-order valence-electron chi connectivity index (χ3n) is 1.35. The van der Waals surface area contributed by atoms with Gasteiger partial charge in [0.15, 0.2) is 6.10 Å². The molecule has 14 heavy (non-hydrogen) atoms. The second-order valence-electron chi connectivity index (χ2n) is 3.98. The first-order valence-electron chi connectivity index (χ1n) is 4.44. The molecule has 0 aromatic carbocycles. The average molecular weight is 205 g/mol. The molecule has 0 aromatic rings. The number of carbonyl (C=O) groups is 2. The Labute approximate surface area is 82.8 Å². The Morgan fingerprint density at radius 2 is 1.93 bits per heavy atom. The molecule has 0 radical (unpaired) electrons. The van der Waals surface area contributed by atoms with Gasteiger partial charge in [-0.05, 0) is 27.2 Å². The SMILES string of the molecule is CCC(OC(=O)NC(C)(C)C)C(=O)F. The molecule has 0 saturated heterocycles. The maximum atomic E-state index is 12.2. The third kappa shape index (κ3) is 5.50. The van der Waals surface area contributed by atoms with Crippen LogP contribution < -0.4 is 5.32 Å². The molecule has 1 amide bonds. The van der Waals surface area contributed by atoms with Crippen LogP contribution in [0.1, 0.15) is 34.1 Å². The number of hydrogen-bond donors (Lipinski definition) is 1. The second-order valence-corrected chi connectivity index (χ2v) is 3.98. The molecule has 1 atom stereocenters. The summed E-state index contributed by atoms with van der Waals surface area (Å²) in [6, 6.07) is -1.63. The molecule has 82 valence electrons. The first kappa shape index (κ1) is 12.9. The van der Waals surface area contributed by atoms with Gasteiger partial charge < -0.3 is 10.1 Å². The molecule has 1 unspecified atom stereocenters. The van der Waals surface area contributed by atoms with Crippen molar-refractivity contribution in [1.29, 1.82) is 0 Å². The number of amides is 1. The standard InChI is InChI=1S/C9H16FNO3/c1-5-6(7(10)12)14-8(13)11-9(2,3)4/h6H,5H2,1-4H3,(H,11,13). The minimum Gasteiger partial charge on any atom is -0.435 e. The van der Waals surface area contributed by atoms with Crippen LogP contribution in [0.15, 0.2) is 0 Å². The van der Waals surface area contributed by atoms with Gasteiger partial charge in [0.25, 0.3) is 0 Å². The van der Waals surface area contributed by atoms with Crippen LogP contribution >= 0.6 is 0 Å². The number of hydrogen-bond acceptors (Lipinski definition) is 3. The van der Waals surface area contributed by atoms with E-state index in [9.17, 15) is 14.0 Å². The molecular weight excluding hydrogens is 189 g/mol. The fourth-order valence-corrected chi connectivity index (χ4v) is 0.755. The van der Waals surface area contributed by atoms with Crippen molar-refractivity contribution in [2.75, 3.05) is 0 Å². The zero-order valence-electron chi connectivity index (χ0n) is 8.89. The lowest BCUT2D eigenvalue weighted by molar-refractivity contribution is -0.138. The van der Waals surface area contributed by atoms with Gasteiger partial charge in [0.1, 0.15) is 0 Å². The predicted molar refractivity (Wildman–Crippen MR) is 49.6 cm³/mol. The molecule has 5 heteroatoms. The predicted octanol–water partition coefficient (Wildman–Crippen LogP) is 1.79. The Hall–Kier alpha value is -1.13. The normalized spacial score (nSPS) is 13.2. The third-order valence-corrected chi connectivity index (χ3v) is 1.35. The van der Waals surface area contributed by atoms with Crippen LogP contribution in [0.3, 0.4) is 0 Å². The van der Waals surface area contributed by atoms with Crippen molar-refractivity contribution in [3.63, 3.8) is 0 Å². The van der Waals surface area contributed by atoms with E-state index in [0.717, 1.165) is 0 Å². The Bertz CT molecular complexity index is 223. The van der Waals surface area contributed by atoms with E-state index in [4.69, 9.17) is 0 Å². The van der Waals surface area contributed by atoms with Crippen molar-refractivity contribution in [2.24, 2.45) is 0 Å². The minimum atomic E-state index is -1.63. The van der Waals surface area contributed by atoms with E-state index >= 15 is 0 Å². The van der Waals surface area contributed by atoms with E-state index in [2.05, 4.69) is 10.1 Å². The maximum absolute atomic E-state index is 12.2. The lowest BCUT2D eigenvalue weighted by Gasteiger charge is -2.21. The molecule has 0 bridgehead atoms. The van der Waals surface area contributed by atoms with Crippen molar-refractivity contribution >= 4 is 12.1 Å². The number of ether oxygens (including phenoxy) is 1. The quantitative estimate of drug-likeness (QED) is 0.714. The molecule has 0 spiro atoms. The Kier molecular flexibility index (Phi) is 4.53. The molecule has 0 rings (SSSR count). The van der Waals surface area contributed by atoms with Gasteiger partial charge in [-0.25, -0.2) is 4.79 Å². The van der Waals surface area contributed by atoms with Gasteiger partial charge in [-0.2, -0.15) is 4.39 Å². The highest BCUT2D eigenvalue weighted by atomic mass is 19.1. The van der Waals surface area contributed by atoms with Crippen molar-refractivity contribution in [3.8, 4) is 0 Å². The molecule has 0 aromatic heterocycles. The molecule has 1 N–H and O–H groups in total. The summed E-state index contributed by atoms with van der Waals surface area (Å²) < 4.78 is 16.8. The highest BCUT2D eigenvalue weighted by molar-refractivity contribution is 5.77. The van der Waals surface area contributed by atoms with Gasteiger partial charge in [-0.15, -0.1) is 0 Å². The number of alkyl carbamates (subject to hydrolysis) is 1. The zero-order valence-corrected chi connectivity index (χ0v) is 8.89. The monoisotopic (exact) mass is 205 g/mol.